The third-order valence-corrected chi connectivity index (χ3v) is 6.82. The third-order valence-electron chi connectivity index (χ3n) is 5.12. The number of aromatic nitrogens is 1. The molecule has 1 atom stereocenters. The molecular formula is C24H21IN2O4S. The Bertz CT molecular complexity index is 1370. The molecule has 0 radical (unpaired) electrons. The van der Waals surface area contributed by atoms with Gasteiger partial charge in [0.25, 0.3) is 5.56 Å². The van der Waals surface area contributed by atoms with E-state index in [4.69, 9.17) is 9.47 Å². The maximum absolute atomic E-state index is 13.5. The first-order chi connectivity index (χ1) is 15.4. The fourth-order valence-corrected chi connectivity index (χ4v) is 5.01. The van der Waals surface area contributed by atoms with E-state index in [1.54, 1.807) is 25.5 Å². The van der Waals surface area contributed by atoms with Crippen LogP contribution in [0.25, 0.3) is 6.08 Å². The van der Waals surface area contributed by atoms with E-state index < -0.39 is 12.0 Å². The summed E-state index contributed by atoms with van der Waals surface area (Å²) in [7, 11) is 1.59. The Morgan fingerprint density at radius 2 is 1.88 bits per heavy atom. The number of carbonyl (C=O) groups excluding carboxylic acids is 1. The van der Waals surface area contributed by atoms with Gasteiger partial charge >= 0.3 is 5.97 Å². The molecule has 0 N–H and O–H groups in total. The minimum absolute atomic E-state index is 0.192. The van der Waals surface area contributed by atoms with Crippen LogP contribution in [0.15, 0.2) is 69.6 Å². The fourth-order valence-electron chi connectivity index (χ4n) is 3.60. The number of rotatable bonds is 5. The number of ether oxygens (including phenoxy) is 2. The van der Waals surface area contributed by atoms with Crippen LogP contribution >= 0.6 is 33.9 Å². The van der Waals surface area contributed by atoms with Crippen molar-refractivity contribution in [3.63, 3.8) is 0 Å². The molecule has 164 valence electrons. The zero-order valence-corrected chi connectivity index (χ0v) is 20.8. The van der Waals surface area contributed by atoms with Gasteiger partial charge in [0.15, 0.2) is 4.80 Å². The van der Waals surface area contributed by atoms with Crippen LogP contribution in [-0.4, -0.2) is 24.3 Å². The lowest BCUT2D eigenvalue weighted by Crippen LogP contribution is -2.39. The molecule has 4 rings (SSSR count). The molecule has 0 saturated carbocycles. The quantitative estimate of drug-likeness (QED) is 0.355. The summed E-state index contributed by atoms with van der Waals surface area (Å²) >= 11 is 3.56. The van der Waals surface area contributed by atoms with Crippen LogP contribution in [-0.2, 0) is 9.53 Å². The van der Waals surface area contributed by atoms with Crippen molar-refractivity contribution >= 4 is 46.0 Å². The smallest absolute Gasteiger partial charge is 0.338 e. The second-order valence-electron chi connectivity index (χ2n) is 7.13. The number of allylic oxidation sites excluding steroid dienone is 1. The number of halogens is 1. The SMILES string of the molecule is CCOC(=O)C1=C(C)N=c2s/c(=C/c3ccc(I)cc3)c(=O)n2C1c1ccc(OC)cc1. The van der Waals surface area contributed by atoms with Crippen LogP contribution in [0.4, 0.5) is 0 Å². The lowest BCUT2D eigenvalue weighted by Gasteiger charge is -2.24. The molecule has 0 fully saturated rings. The van der Waals surface area contributed by atoms with Gasteiger partial charge in [-0.05, 0) is 77.9 Å². The Hall–Kier alpha value is -2.72. The summed E-state index contributed by atoms with van der Waals surface area (Å²) in [5, 5.41) is 0. The molecule has 0 aliphatic carbocycles. The van der Waals surface area contributed by atoms with Crippen molar-refractivity contribution in [1.29, 1.82) is 0 Å². The van der Waals surface area contributed by atoms with Crippen LogP contribution < -0.4 is 19.6 Å². The predicted molar refractivity (Wildman–Crippen MR) is 133 cm³/mol. The first kappa shape index (κ1) is 22.5. The number of nitrogens with zero attached hydrogens (tertiary/aromatic N) is 2. The van der Waals surface area contributed by atoms with Crippen LogP contribution in [0.1, 0.15) is 31.0 Å². The summed E-state index contributed by atoms with van der Waals surface area (Å²) in [5.41, 5.74) is 2.43. The molecule has 2 heterocycles. The van der Waals surface area contributed by atoms with Crippen LogP contribution in [0.5, 0.6) is 5.75 Å². The summed E-state index contributed by atoms with van der Waals surface area (Å²) in [5.74, 6) is 0.222. The lowest BCUT2D eigenvalue weighted by molar-refractivity contribution is -0.139. The Kier molecular flexibility index (Phi) is 6.61. The summed E-state index contributed by atoms with van der Waals surface area (Å²) in [4.78, 5) is 31.5. The molecule has 1 aromatic heterocycles. The standard InChI is InChI=1S/C24H21IN2O4S/c1-4-31-23(29)20-14(2)26-24-27(21(20)16-7-11-18(30-3)12-8-16)22(28)19(32-24)13-15-5-9-17(25)10-6-15/h5-13,21H,4H2,1-3H3/b19-13+. The second-order valence-corrected chi connectivity index (χ2v) is 9.38. The Labute approximate surface area is 202 Å². The van der Waals surface area contributed by atoms with Crippen molar-refractivity contribution in [2.45, 2.75) is 19.9 Å². The highest BCUT2D eigenvalue weighted by Gasteiger charge is 2.33. The molecule has 2 aromatic carbocycles. The highest BCUT2D eigenvalue weighted by molar-refractivity contribution is 14.1. The minimum Gasteiger partial charge on any atom is -0.497 e. The van der Waals surface area contributed by atoms with Crippen molar-refractivity contribution in [1.82, 2.24) is 4.57 Å². The van der Waals surface area contributed by atoms with E-state index in [0.29, 0.717) is 26.4 Å². The van der Waals surface area contributed by atoms with Gasteiger partial charge in [-0.25, -0.2) is 9.79 Å². The summed E-state index contributed by atoms with van der Waals surface area (Å²) < 4.78 is 13.8. The first-order valence-electron chi connectivity index (χ1n) is 10.0. The van der Waals surface area contributed by atoms with E-state index in [1.807, 2.05) is 54.6 Å². The molecule has 1 aliphatic rings. The van der Waals surface area contributed by atoms with Gasteiger partial charge in [0, 0.05) is 3.57 Å². The highest BCUT2D eigenvalue weighted by atomic mass is 127. The van der Waals surface area contributed by atoms with E-state index in [0.717, 1.165) is 14.7 Å². The average Bonchev–Trinajstić information content (AvgIpc) is 3.09. The summed E-state index contributed by atoms with van der Waals surface area (Å²) in [6.07, 6.45) is 1.86. The van der Waals surface area contributed by atoms with E-state index in [2.05, 4.69) is 27.6 Å². The topological polar surface area (TPSA) is 69.9 Å². The molecule has 0 saturated heterocycles. The van der Waals surface area contributed by atoms with Crippen molar-refractivity contribution in [2.75, 3.05) is 13.7 Å². The second kappa shape index (κ2) is 9.41. The zero-order chi connectivity index (χ0) is 22.8. The number of thiazole rings is 1. The zero-order valence-electron chi connectivity index (χ0n) is 17.8. The van der Waals surface area contributed by atoms with Crippen LogP contribution in [0.2, 0.25) is 0 Å². The Morgan fingerprint density at radius 3 is 2.50 bits per heavy atom. The number of hydrogen-bond acceptors (Lipinski definition) is 6. The van der Waals surface area contributed by atoms with E-state index in [-0.39, 0.29) is 12.2 Å². The van der Waals surface area contributed by atoms with Gasteiger partial charge in [0.2, 0.25) is 0 Å². The van der Waals surface area contributed by atoms with Crippen molar-refractivity contribution in [2.24, 2.45) is 4.99 Å². The highest BCUT2D eigenvalue weighted by Crippen LogP contribution is 2.31. The monoisotopic (exact) mass is 560 g/mol. The number of methoxy groups -OCH3 is 1. The molecule has 8 heteroatoms. The first-order valence-corrected chi connectivity index (χ1v) is 11.9. The lowest BCUT2D eigenvalue weighted by atomic mass is 9.96. The Balaban J connectivity index is 1.93. The molecule has 6 nitrogen and oxygen atoms in total. The fraction of sp³-hybridized carbons (Fsp3) is 0.208. The molecule has 0 amide bonds. The van der Waals surface area contributed by atoms with Gasteiger partial charge in [0.05, 0.1) is 35.6 Å². The normalized spacial score (nSPS) is 15.9. The number of esters is 1. The largest absolute Gasteiger partial charge is 0.497 e. The molecule has 0 bridgehead atoms. The van der Waals surface area contributed by atoms with E-state index in [9.17, 15) is 9.59 Å². The molecule has 3 aromatic rings. The van der Waals surface area contributed by atoms with Crippen molar-refractivity contribution in [3.05, 3.63) is 94.2 Å². The van der Waals surface area contributed by atoms with Crippen LogP contribution in [0.3, 0.4) is 0 Å². The number of carbonyl (C=O) groups is 1. The maximum Gasteiger partial charge on any atom is 0.338 e. The summed E-state index contributed by atoms with van der Waals surface area (Å²) in [6.45, 7) is 3.77. The number of fused-ring (bicyclic) bond motifs is 1. The third kappa shape index (κ3) is 4.29. The Morgan fingerprint density at radius 1 is 1.19 bits per heavy atom. The van der Waals surface area contributed by atoms with Crippen molar-refractivity contribution in [3.8, 4) is 5.75 Å². The number of benzene rings is 2. The summed E-state index contributed by atoms with van der Waals surface area (Å²) in [6, 6.07) is 14.6. The van der Waals surface area contributed by atoms with E-state index in [1.165, 1.54) is 11.3 Å². The predicted octanol–water partition coefficient (Wildman–Crippen LogP) is 3.41. The van der Waals surface area contributed by atoms with Crippen molar-refractivity contribution < 1.29 is 14.3 Å². The van der Waals surface area contributed by atoms with Gasteiger partial charge < -0.3 is 9.47 Å². The minimum atomic E-state index is -0.630. The van der Waals surface area contributed by atoms with Gasteiger partial charge in [-0.2, -0.15) is 0 Å². The average molecular weight is 560 g/mol. The van der Waals surface area contributed by atoms with E-state index >= 15 is 0 Å². The van der Waals surface area contributed by atoms with Crippen LogP contribution in [0, 0.1) is 3.57 Å². The molecular weight excluding hydrogens is 539 g/mol. The molecule has 0 spiro atoms. The molecule has 1 aliphatic heterocycles. The van der Waals surface area contributed by atoms with Gasteiger partial charge in [-0.1, -0.05) is 35.6 Å². The van der Waals surface area contributed by atoms with Gasteiger partial charge in [-0.3, -0.25) is 9.36 Å². The maximum atomic E-state index is 13.5. The van der Waals surface area contributed by atoms with Gasteiger partial charge in [-0.15, -0.1) is 0 Å². The van der Waals surface area contributed by atoms with Gasteiger partial charge in [0.1, 0.15) is 5.75 Å². The number of hydrogen-bond donors (Lipinski definition) is 0. The molecule has 32 heavy (non-hydrogen) atoms. The molecule has 1 unspecified atom stereocenters.